The fourth-order valence-corrected chi connectivity index (χ4v) is 2.03. The predicted octanol–water partition coefficient (Wildman–Crippen LogP) is 2.84. The highest BCUT2D eigenvalue weighted by molar-refractivity contribution is 5.57. The van der Waals surface area contributed by atoms with E-state index in [1.54, 1.807) is 0 Å². The third-order valence-corrected chi connectivity index (χ3v) is 3.36. The van der Waals surface area contributed by atoms with Crippen molar-refractivity contribution in [2.24, 2.45) is 5.92 Å². The quantitative estimate of drug-likeness (QED) is 0.819. The molecule has 1 unspecified atom stereocenters. The second-order valence-electron chi connectivity index (χ2n) is 5.31. The molecule has 1 atom stereocenters. The van der Waals surface area contributed by atoms with E-state index in [2.05, 4.69) is 41.9 Å². The molecule has 1 aromatic rings. The summed E-state index contributed by atoms with van der Waals surface area (Å²) < 4.78 is 0. The summed E-state index contributed by atoms with van der Waals surface area (Å²) in [4.78, 5) is 2.05. The molecule has 1 heterocycles. The highest BCUT2D eigenvalue weighted by atomic mass is 15.3. The number of anilines is 1. The number of hydrogen-bond donors (Lipinski definition) is 0. The van der Waals surface area contributed by atoms with Crippen molar-refractivity contribution in [3.8, 4) is 6.07 Å². The second-order valence-corrected chi connectivity index (χ2v) is 5.31. The molecule has 0 fully saturated rings. The number of rotatable bonds is 4. The normalized spacial score (nSPS) is 12.3. The van der Waals surface area contributed by atoms with Gasteiger partial charge in [-0.2, -0.15) is 10.4 Å². The Bertz CT molecular complexity index is 460. The molecule has 0 aliphatic rings. The van der Waals surface area contributed by atoms with Crippen molar-refractivity contribution in [1.82, 2.24) is 10.2 Å². The molecule has 0 N–H and O–H groups in total. The molecule has 18 heavy (non-hydrogen) atoms. The van der Waals surface area contributed by atoms with E-state index >= 15 is 0 Å². The maximum atomic E-state index is 9.29. The molecule has 0 amide bonds. The first-order valence-electron chi connectivity index (χ1n) is 6.35. The van der Waals surface area contributed by atoms with Crippen molar-refractivity contribution in [3.05, 3.63) is 16.8 Å². The Morgan fingerprint density at radius 2 is 1.83 bits per heavy atom. The van der Waals surface area contributed by atoms with E-state index in [0.29, 0.717) is 23.3 Å². The highest BCUT2D eigenvalue weighted by Gasteiger charge is 2.19. The number of hydrogen-bond acceptors (Lipinski definition) is 4. The number of aryl methyl sites for hydroxylation is 1. The maximum absolute atomic E-state index is 9.29. The molecule has 0 aromatic carbocycles. The minimum Gasteiger partial charge on any atom is -0.354 e. The van der Waals surface area contributed by atoms with Crippen LogP contribution >= 0.6 is 0 Å². The Hall–Kier alpha value is -1.63. The number of nitrogens with zero attached hydrogens (tertiary/aromatic N) is 4. The summed E-state index contributed by atoms with van der Waals surface area (Å²) in [6.45, 7) is 10.3. The van der Waals surface area contributed by atoms with Crippen LogP contribution in [0.3, 0.4) is 0 Å². The molecule has 0 aliphatic carbocycles. The summed E-state index contributed by atoms with van der Waals surface area (Å²) in [5.41, 5.74) is 2.38. The van der Waals surface area contributed by atoms with Crippen LogP contribution in [0.2, 0.25) is 0 Å². The molecular formula is C14H22N4. The van der Waals surface area contributed by atoms with Crippen LogP contribution in [0.5, 0.6) is 0 Å². The molecule has 0 bridgehead atoms. The van der Waals surface area contributed by atoms with Gasteiger partial charge in [-0.3, -0.25) is 0 Å². The van der Waals surface area contributed by atoms with E-state index in [0.717, 1.165) is 17.7 Å². The van der Waals surface area contributed by atoms with Gasteiger partial charge in [-0.1, -0.05) is 13.8 Å². The van der Waals surface area contributed by atoms with Gasteiger partial charge in [0.1, 0.15) is 11.6 Å². The van der Waals surface area contributed by atoms with Crippen molar-refractivity contribution in [2.45, 2.75) is 47.1 Å². The van der Waals surface area contributed by atoms with Crippen molar-refractivity contribution >= 4 is 5.82 Å². The summed E-state index contributed by atoms with van der Waals surface area (Å²) >= 11 is 0. The lowest BCUT2D eigenvalue weighted by molar-refractivity contribution is 0.500. The minimum atomic E-state index is 0.341. The first kappa shape index (κ1) is 14.4. The van der Waals surface area contributed by atoms with E-state index in [9.17, 15) is 5.26 Å². The van der Waals surface area contributed by atoms with Crippen LogP contribution in [0.1, 0.15) is 44.0 Å². The van der Waals surface area contributed by atoms with Crippen LogP contribution in [0.15, 0.2) is 0 Å². The Kier molecular flexibility index (Phi) is 4.66. The largest absolute Gasteiger partial charge is 0.354 e. The summed E-state index contributed by atoms with van der Waals surface area (Å²) in [6.07, 6.45) is 1.07. The maximum Gasteiger partial charge on any atom is 0.169 e. The lowest BCUT2D eigenvalue weighted by Crippen LogP contribution is -2.32. The molecule has 4 nitrogen and oxygen atoms in total. The molecule has 98 valence electrons. The van der Waals surface area contributed by atoms with Gasteiger partial charge >= 0.3 is 0 Å². The fraction of sp³-hybridized carbons (Fsp3) is 0.643. The van der Waals surface area contributed by atoms with Crippen molar-refractivity contribution in [2.75, 3.05) is 11.9 Å². The van der Waals surface area contributed by atoms with E-state index < -0.39 is 0 Å². The Morgan fingerprint density at radius 3 is 2.33 bits per heavy atom. The summed E-state index contributed by atoms with van der Waals surface area (Å²) in [6, 6.07) is 2.59. The lowest BCUT2D eigenvalue weighted by Gasteiger charge is -2.28. The molecular weight excluding hydrogens is 224 g/mol. The third-order valence-electron chi connectivity index (χ3n) is 3.36. The van der Waals surface area contributed by atoms with Crippen LogP contribution in [0.25, 0.3) is 0 Å². The average molecular weight is 246 g/mol. The first-order valence-corrected chi connectivity index (χ1v) is 6.35. The van der Waals surface area contributed by atoms with Gasteiger partial charge in [0.15, 0.2) is 5.82 Å². The van der Waals surface area contributed by atoms with Crippen molar-refractivity contribution in [3.63, 3.8) is 0 Å². The number of nitriles is 1. The fourth-order valence-electron chi connectivity index (χ4n) is 2.03. The Labute approximate surface area is 110 Å². The zero-order valence-electron chi connectivity index (χ0n) is 12.2. The molecule has 4 heteroatoms. The number of aromatic nitrogens is 2. The van der Waals surface area contributed by atoms with Gasteiger partial charge in [-0.05, 0) is 38.7 Å². The molecule has 1 rings (SSSR count). The van der Waals surface area contributed by atoms with Gasteiger partial charge in [-0.15, -0.1) is 5.10 Å². The molecule has 0 saturated heterocycles. The van der Waals surface area contributed by atoms with Crippen LogP contribution in [0.4, 0.5) is 5.82 Å². The standard InChI is InChI=1S/C14H22N4/c1-9(2)7-10(3)18(6)14-13(8-15)11(4)12(5)16-17-14/h9-10H,7H2,1-6H3. The van der Waals surface area contributed by atoms with Crippen LogP contribution in [0, 0.1) is 31.1 Å². The molecule has 0 spiro atoms. The van der Waals surface area contributed by atoms with Crippen molar-refractivity contribution in [1.29, 1.82) is 5.26 Å². The average Bonchev–Trinajstić information content (AvgIpc) is 2.30. The van der Waals surface area contributed by atoms with Gasteiger partial charge in [0.25, 0.3) is 0 Å². The van der Waals surface area contributed by atoms with E-state index in [1.165, 1.54) is 0 Å². The van der Waals surface area contributed by atoms with Crippen molar-refractivity contribution < 1.29 is 0 Å². The van der Waals surface area contributed by atoms with Gasteiger partial charge in [-0.25, -0.2) is 0 Å². The van der Waals surface area contributed by atoms with Gasteiger partial charge in [0.05, 0.1) is 5.69 Å². The van der Waals surface area contributed by atoms with E-state index in [1.807, 2.05) is 20.9 Å². The van der Waals surface area contributed by atoms with Gasteiger partial charge in [0.2, 0.25) is 0 Å². The smallest absolute Gasteiger partial charge is 0.169 e. The molecule has 0 radical (unpaired) electrons. The monoisotopic (exact) mass is 246 g/mol. The lowest BCUT2D eigenvalue weighted by atomic mass is 10.0. The van der Waals surface area contributed by atoms with Crippen LogP contribution in [-0.2, 0) is 0 Å². The van der Waals surface area contributed by atoms with Crippen LogP contribution in [-0.4, -0.2) is 23.3 Å². The van der Waals surface area contributed by atoms with Gasteiger partial charge < -0.3 is 4.90 Å². The SMILES string of the molecule is Cc1nnc(N(C)C(C)CC(C)C)c(C#N)c1C. The second kappa shape index (κ2) is 5.81. The summed E-state index contributed by atoms with van der Waals surface area (Å²) in [5, 5.41) is 17.6. The zero-order chi connectivity index (χ0) is 13.9. The molecule has 1 aromatic heterocycles. The van der Waals surface area contributed by atoms with Gasteiger partial charge in [0, 0.05) is 13.1 Å². The minimum absolute atomic E-state index is 0.341. The van der Waals surface area contributed by atoms with E-state index in [4.69, 9.17) is 0 Å². The zero-order valence-corrected chi connectivity index (χ0v) is 12.2. The topological polar surface area (TPSA) is 52.8 Å². The Balaban J connectivity index is 3.10. The first-order chi connectivity index (χ1) is 8.38. The van der Waals surface area contributed by atoms with Crippen LogP contribution < -0.4 is 4.90 Å². The summed E-state index contributed by atoms with van der Waals surface area (Å²) in [7, 11) is 1.98. The highest BCUT2D eigenvalue weighted by Crippen LogP contribution is 2.23. The molecule has 0 saturated carbocycles. The van der Waals surface area contributed by atoms with E-state index in [-0.39, 0.29) is 0 Å². The predicted molar refractivity (Wildman–Crippen MR) is 73.5 cm³/mol. The molecule has 0 aliphatic heterocycles. The Morgan fingerprint density at radius 1 is 1.22 bits per heavy atom. The third kappa shape index (κ3) is 2.98. The summed E-state index contributed by atoms with van der Waals surface area (Å²) in [5.74, 6) is 1.31.